The second-order valence-corrected chi connectivity index (χ2v) is 8.32. The van der Waals surface area contributed by atoms with Crippen molar-refractivity contribution in [3.63, 3.8) is 0 Å². The Morgan fingerprint density at radius 3 is 2.56 bits per heavy atom. The van der Waals surface area contributed by atoms with Gasteiger partial charge in [-0.25, -0.2) is 9.89 Å². The summed E-state index contributed by atoms with van der Waals surface area (Å²) in [4.78, 5) is 38.1. The summed E-state index contributed by atoms with van der Waals surface area (Å²) in [6.07, 6.45) is 1.99. The monoisotopic (exact) mass is 522 g/mol. The highest BCUT2D eigenvalue weighted by atomic mass is 35.5. The highest BCUT2D eigenvalue weighted by Gasteiger charge is 2.16. The summed E-state index contributed by atoms with van der Waals surface area (Å²) in [6.45, 7) is 0. The number of aromatic amines is 3. The summed E-state index contributed by atoms with van der Waals surface area (Å²) >= 11 is 12.7. The van der Waals surface area contributed by atoms with Crippen LogP contribution in [0, 0.1) is 11.3 Å². The zero-order valence-electron chi connectivity index (χ0n) is 17.9. The van der Waals surface area contributed by atoms with E-state index >= 15 is 0 Å². The van der Waals surface area contributed by atoms with E-state index in [1.807, 2.05) is 23.2 Å². The standard InChI is InChI=1S/C22H12Cl2N8O4/c23-14-6-13(32-22(35)27-21(34)17(8-25)31-32)7-15(24)19(14)36-18-5-11(20(33)30-29-18)3-10-1-2-16-12(4-10)9-26-28-16/h1-2,4-7,9H,3H2,(H,26,28)(H,30,33)(H,27,34,35). The number of ether oxygens (including phenoxy) is 1. The minimum atomic E-state index is -0.916. The third kappa shape index (κ3) is 4.36. The molecule has 0 radical (unpaired) electrons. The van der Waals surface area contributed by atoms with Gasteiger partial charge in [0.1, 0.15) is 6.07 Å². The molecule has 0 atom stereocenters. The maximum absolute atomic E-state index is 12.4. The summed E-state index contributed by atoms with van der Waals surface area (Å²) in [6, 6.07) is 11.3. The zero-order valence-corrected chi connectivity index (χ0v) is 19.4. The molecule has 0 saturated heterocycles. The van der Waals surface area contributed by atoms with Gasteiger partial charge in [-0.3, -0.25) is 19.7 Å². The number of halogens is 2. The van der Waals surface area contributed by atoms with Crippen LogP contribution in [0.25, 0.3) is 16.6 Å². The van der Waals surface area contributed by atoms with Crippen molar-refractivity contribution >= 4 is 34.1 Å². The van der Waals surface area contributed by atoms with Crippen molar-refractivity contribution in [1.82, 2.24) is 35.2 Å². The van der Waals surface area contributed by atoms with Crippen molar-refractivity contribution < 1.29 is 4.74 Å². The predicted octanol–water partition coefficient (Wildman–Crippen LogP) is 2.44. The molecule has 14 heteroatoms. The summed E-state index contributed by atoms with van der Waals surface area (Å²) < 4.78 is 6.51. The summed E-state index contributed by atoms with van der Waals surface area (Å²) in [5, 5.41) is 26.7. The van der Waals surface area contributed by atoms with E-state index < -0.39 is 16.9 Å². The quantitative estimate of drug-likeness (QED) is 0.315. The van der Waals surface area contributed by atoms with Gasteiger partial charge < -0.3 is 4.74 Å². The normalized spacial score (nSPS) is 10.9. The van der Waals surface area contributed by atoms with E-state index in [2.05, 4.69) is 25.5 Å². The molecular weight excluding hydrogens is 511 g/mol. The molecule has 0 aliphatic heterocycles. The van der Waals surface area contributed by atoms with E-state index in [0.29, 0.717) is 12.0 Å². The number of hydrogen-bond donors (Lipinski definition) is 3. The average Bonchev–Trinajstić information content (AvgIpc) is 3.31. The Labute approximate surface area is 209 Å². The van der Waals surface area contributed by atoms with Crippen molar-refractivity contribution in [1.29, 1.82) is 5.26 Å². The van der Waals surface area contributed by atoms with Gasteiger partial charge in [-0.05, 0) is 29.8 Å². The minimum Gasteiger partial charge on any atom is -0.434 e. The van der Waals surface area contributed by atoms with E-state index in [4.69, 9.17) is 33.2 Å². The highest BCUT2D eigenvalue weighted by Crippen LogP contribution is 2.37. The van der Waals surface area contributed by atoms with Gasteiger partial charge in [0.25, 0.3) is 11.1 Å². The number of hydrogen-bond acceptors (Lipinski definition) is 8. The lowest BCUT2D eigenvalue weighted by molar-refractivity contribution is 0.453. The molecule has 0 aliphatic rings. The van der Waals surface area contributed by atoms with Gasteiger partial charge >= 0.3 is 5.69 Å². The smallest absolute Gasteiger partial charge is 0.349 e. The lowest BCUT2D eigenvalue weighted by atomic mass is 10.1. The first-order valence-electron chi connectivity index (χ1n) is 10.1. The number of nitriles is 1. The van der Waals surface area contributed by atoms with Crippen LogP contribution in [-0.4, -0.2) is 35.2 Å². The third-order valence-corrected chi connectivity index (χ3v) is 5.69. The van der Waals surface area contributed by atoms with Crippen LogP contribution >= 0.6 is 23.2 Å². The van der Waals surface area contributed by atoms with Crippen molar-refractivity contribution in [2.45, 2.75) is 6.42 Å². The van der Waals surface area contributed by atoms with Crippen molar-refractivity contribution in [3.05, 3.63) is 101 Å². The topological polar surface area (TPSA) is 175 Å². The fraction of sp³-hybridized carbons (Fsp3) is 0.0455. The van der Waals surface area contributed by atoms with Crippen LogP contribution in [0.2, 0.25) is 10.0 Å². The molecule has 3 heterocycles. The number of fused-ring (bicyclic) bond motifs is 1. The molecule has 178 valence electrons. The Kier molecular flexibility index (Phi) is 5.85. The summed E-state index contributed by atoms with van der Waals surface area (Å²) in [5.41, 5.74) is -0.483. The largest absolute Gasteiger partial charge is 0.434 e. The second-order valence-electron chi connectivity index (χ2n) is 7.50. The number of rotatable bonds is 5. The lowest BCUT2D eigenvalue weighted by Crippen LogP contribution is -2.33. The molecule has 0 amide bonds. The number of nitrogens with zero attached hydrogens (tertiary/aromatic N) is 5. The molecule has 5 rings (SSSR count). The zero-order chi connectivity index (χ0) is 25.4. The number of H-pyrrole nitrogens is 3. The Bertz CT molecular complexity index is 1840. The first kappa shape index (κ1) is 23.0. The fourth-order valence-electron chi connectivity index (χ4n) is 3.45. The molecular formula is C22H12Cl2N8O4. The van der Waals surface area contributed by atoms with Gasteiger partial charge in [0.05, 0.1) is 27.4 Å². The number of aromatic nitrogens is 7. The van der Waals surface area contributed by atoms with E-state index in [1.54, 1.807) is 12.3 Å². The SMILES string of the molecule is N#Cc1nn(-c2cc(Cl)c(Oc3cc(Cc4ccc5[nH]ncc5c4)c(=O)[nH]n3)c(Cl)c2)c(=O)[nH]c1=O. The molecule has 0 spiro atoms. The van der Waals surface area contributed by atoms with Gasteiger partial charge in [-0.2, -0.15) is 15.0 Å². The van der Waals surface area contributed by atoms with E-state index in [9.17, 15) is 14.4 Å². The van der Waals surface area contributed by atoms with Gasteiger partial charge in [0, 0.05) is 23.4 Å². The second kappa shape index (κ2) is 9.14. The Morgan fingerprint density at radius 1 is 1.03 bits per heavy atom. The molecule has 0 saturated carbocycles. The maximum atomic E-state index is 12.4. The van der Waals surface area contributed by atoms with Crippen LogP contribution in [0.15, 0.2) is 57.0 Å². The summed E-state index contributed by atoms with van der Waals surface area (Å²) in [5.74, 6) is 0.0296. The summed E-state index contributed by atoms with van der Waals surface area (Å²) in [7, 11) is 0. The van der Waals surface area contributed by atoms with Crippen LogP contribution < -0.4 is 21.5 Å². The fourth-order valence-corrected chi connectivity index (χ4v) is 4.00. The first-order chi connectivity index (χ1) is 17.3. The first-order valence-corrected chi connectivity index (χ1v) is 10.9. The van der Waals surface area contributed by atoms with Crippen molar-refractivity contribution in [2.24, 2.45) is 0 Å². The highest BCUT2D eigenvalue weighted by molar-refractivity contribution is 6.37. The molecule has 0 fully saturated rings. The Balaban J connectivity index is 1.46. The van der Waals surface area contributed by atoms with Gasteiger partial charge in [0.15, 0.2) is 5.75 Å². The van der Waals surface area contributed by atoms with E-state index in [1.165, 1.54) is 18.2 Å². The maximum Gasteiger partial charge on any atom is 0.349 e. The van der Waals surface area contributed by atoms with E-state index in [0.717, 1.165) is 21.1 Å². The van der Waals surface area contributed by atoms with Crippen LogP contribution in [0.1, 0.15) is 16.8 Å². The third-order valence-electron chi connectivity index (χ3n) is 5.12. The molecule has 0 unspecified atom stereocenters. The predicted molar refractivity (Wildman–Crippen MR) is 129 cm³/mol. The number of nitrogens with one attached hydrogen (secondary N) is 3. The Hall–Kier alpha value is -4.73. The molecule has 12 nitrogen and oxygen atoms in total. The van der Waals surface area contributed by atoms with Crippen molar-refractivity contribution in [2.75, 3.05) is 0 Å². The van der Waals surface area contributed by atoms with Crippen LogP contribution in [0.5, 0.6) is 11.6 Å². The van der Waals surface area contributed by atoms with Gasteiger partial charge in [-0.1, -0.05) is 29.3 Å². The molecule has 0 bridgehead atoms. The minimum absolute atomic E-state index is 0.00498. The van der Waals surface area contributed by atoms with Crippen LogP contribution in [0.3, 0.4) is 0 Å². The molecule has 0 aliphatic carbocycles. The van der Waals surface area contributed by atoms with Gasteiger partial charge in [-0.15, -0.1) is 10.2 Å². The van der Waals surface area contributed by atoms with Gasteiger partial charge in [0.2, 0.25) is 11.6 Å². The average molecular weight is 523 g/mol. The molecule has 5 aromatic rings. The number of benzene rings is 2. The molecule has 3 aromatic heterocycles. The lowest BCUT2D eigenvalue weighted by Gasteiger charge is -2.12. The molecule has 2 aromatic carbocycles. The van der Waals surface area contributed by atoms with E-state index in [-0.39, 0.29) is 32.9 Å². The molecule has 36 heavy (non-hydrogen) atoms. The van der Waals surface area contributed by atoms with Crippen molar-refractivity contribution in [3.8, 4) is 23.4 Å². The molecule has 3 N–H and O–H groups in total. The van der Waals surface area contributed by atoms with Crippen LogP contribution in [0.4, 0.5) is 0 Å². The Morgan fingerprint density at radius 2 is 1.81 bits per heavy atom. The van der Waals surface area contributed by atoms with Crippen LogP contribution in [-0.2, 0) is 6.42 Å².